The van der Waals surface area contributed by atoms with E-state index < -0.39 is 35.5 Å². The van der Waals surface area contributed by atoms with Crippen LogP contribution in [-0.2, 0) is 19.2 Å². The van der Waals surface area contributed by atoms with Crippen molar-refractivity contribution in [1.29, 1.82) is 0 Å². The fraction of sp³-hybridized carbons (Fsp3) is 0.176. The fourth-order valence-electron chi connectivity index (χ4n) is 4.30. The van der Waals surface area contributed by atoms with Crippen LogP contribution in [0.2, 0.25) is 10.0 Å². The van der Waals surface area contributed by atoms with Crippen LogP contribution in [0.15, 0.2) is 105 Å². The summed E-state index contributed by atoms with van der Waals surface area (Å²) in [5.41, 5.74) is 4.91. The molecule has 2 N–H and O–H groups in total. The number of nitrogens with one attached hydrogen (secondary N) is 2. The third-order valence-corrected chi connectivity index (χ3v) is 7.34. The highest BCUT2D eigenvalue weighted by atomic mass is 35.5. The Kier molecular flexibility index (Phi) is 11.2. The number of hydrogen-bond acceptors (Lipinski definition) is 8. The SMILES string of the molecule is CC(=O)[C@@H](N=Nc1ccc(-c2ccc(N=N[C@@H](C(C)=O)C(=O)Nc3ccc(C)cc3C)c(Cl)c2)cc1Cl)C(=O)Nc1ccccc1. The maximum absolute atomic E-state index is 12.8. The Balaban J connectivity index is 1.47. The standard InChI is InChI=1S/C34H30Cl2N6O4/c1-19-10-13-28(20(2)16-19)38-34(46)32(22(4)44)42-40-30-15-12-24(18-27(30)36)23-11-14-29(26(35)17-23)39-41-31(21(3)43)33(45)37-25-8-6-5-7-9-25/h5-18,31-32H,1-4H3,(H,37,45)(H,38,46)/t31-,32+/m1/s1. The maximum Gasteiger partial charge on any atom is 0.258 e. The van der Waals surface area contributed by atoms with E-state index in [4.69, 9.17) is 23.2 Å². The molecule has 46 heavy (non-hydrogen) atoms. The minimum absolute atomic E-state index is 0.228. The molecule has 0 saturated carbocycles. The molecule has 0 radical (unpaired) electrons. The molecule has 0 bridgehead atoms. The normalized spacial score (nSPS) is 12.6. The summed E-state index contributed by atoms with van der Waals surface area (Å²) in [4.78, 5) is 49.8. The summed E-state index contributed by atoms with van der Waals surface area (Å²) >= 11 is 13.0. The van der Waals surface area contributed by atoms with Crippen molar-refractivity contribution < 1.29 is 19.2 Å². The van der Waals surface area contributed by atoms with Gasteiger partial charge in [0.2, 0.25) is 12.1 Å². The molecule has 4 rings (SSSR count). The summed E-state index contributed by atoms with van der Waals surface area (Å²) in [5, 5.41) is 21.9. The van der Waals surface area contributed by atoms with Gasteiger partial charge in [0, 0.05) is 11.4 Å². The van der Waals surface area contributed by atoms with Crippen LogP contribution in [-0.4, -0.2) is 35.5 Å². The van der Waals surface area contributed by atoms with Crippen molar-refractivity contribution in [3.05, 3.63) is 106 Å². The molecule has 12 heteroatoms. The van der Waals surface area contributed by atoms with E-state index in [9.17, 15) is 19.2 Å². The lowest BCUT2D eigenvalue weighted by molar-refractivity contribution is -0.127. The van der Waals surface area contributed by atoms with Crippen molar-refractivity contribution in [1.82, 2.24) is 0 Å². The second-order valence-electron chi connectivity index (χ2n) is 10.5. The number of rotatable bonds is 11. The highest BCUT2D eigenvalue weighted by Gasteiger charge is 2.25. The quantitative estimate of drug-likeness (QED) is 0.123. The van der Waals surface area contributed by atoms with Gasteiger partial charge in [0.05, 0.1) is 10.0 Å². The van der Waals surface area contributed by atoms with E-state index in [1.54, 1.807) is 72.8 Å². The number of benzene rings is 4. The van der Waals surface area contributed by atoms with Gasteiger partial charge in [-0.2, -0.15) is 20.5 Å². The van der Waals surface area contributed by atoms with E-state index >= 15 is 0 Å². The highest BCUT2D eigenvalue weighted by molar-refractivity contribution is 6.34. The second kappa shape index (κ2) is 15.3. The van der Waals surface area contributed by atoms with Gasteiger partial charge in [-0.1, -0.05) is 71.2 Å². The molecule has 0 fully saturated rings. The monoisotopic (exact) mass is 656 g/mol. The van der Waals surface area contributed by atoms with Gasteiger partial charge < -0.3 is 10.6 Å². The zero-order valence-corrected chi connectivity index (χ0v) is 26.9. The third-order valence-electron chi connectivity index (χ3n) is 6.74. The van der Waals surface area contributed by atoms with Crippen LogP contribution < -0.4 is 10.6 Å². The first-order valence-corrected chi connectivity index (χ1v) is 14.8. The van der Waals surface area contributed by atoms with Crippen molar-refractivity contribution >= 4 is 69.3 Å². The molecule has 2 atom stereocenters. The zero-order chi connectivity index (χ0) is 33.4. The van der Waals surface area contributed by atoms with Gasteiger partial charge in [-0.25, -0.2) is 0 Å². The largest absolute Gasteiger partial charge is 0.324 e. The molecule has 0 spiro atoms. The van der Waals surface area contributed by atoms with Crippen molar-refractivity contribution in [2.75, 3.05) is 10.6 Å². The zero-order valence-electron chi connectivity index (χ0n) is 25.4. The number of ketones is 2. The number of nitrogens with zero attached hydrogens (tertiary/aromatic N) is 4. The molecule has 4 aromatic rings. The summed E-state index contributed by atoms with van der Waals surface area (Å²) in [6.07, 6.45) is 0. The van der Waals surface area contributed by atoms with Crippen LogP contribution in [0, 0.1) is 13.8 Å². The number of halogens is 2. The number of aryl methyl sites for hydroxylation is 2. The van der Waals surface area contributed by atoms with Crippen LogP contribution in [0.4, 0.5) is 22.7 Å². The molecule has 0 aliphatic rings. The number of carbonyl (C=O) groups is 4. The summed E-state index contributed by atoms with van der Waals surface area (Å²) in [6.45, 7) is 6.33. The lowest BCUT2D eigenvalue weighted by atomic mass is 10.0. The van der Waals surface area contributed by atoms with E-state index in [-0.39, 0.29) is 21.4 Å². The minimum Gasteiger partial charge on any atom is -0.324 e. The number of carbonyl (C=O) groups excluding carboxylic acids is 4. The van der Waals surface area contributed by atoms with Crippen molar-refractivity contribution in [2.24, 2.45) is 20.5 Å². The van der Waals surface area contributed by atoms with Crippen molar-refractivity contribution in [2.45, 2.75) is 39.8 Å². The van der Waals surface area contributed by atoms with Gasteiger partial charge in [0.1, 0.15) is 11.4 Å². The fourth-order valence-corrected chi connectivity index (χ4v) is 4.74. The Morgan fingerprint density at radius 3 is 1.59 bits per heavy atom. The Morgan fingerprint density at radius 2 is 1.13 bits per heavy atom. The molecular formula is C34H30Cl2N6O4. The predicted octanol–water partition coefficient (Wildman–Crippen LogP) is 8.64. The van der Waals surface area contributed by atoms with Gasteiger partial charge >= 0.3 is 0 Å². The molecule has 0 unspecified atom stereocenters. The summed E-state index contributed by atoms with van der Waals surface area (Å²) in [7, 11) is 0. The van der Waals surface area contributed by atoms with Gasteiger partial charge in [-0.3, -0.25) is 19.2 Å². The average molecular weight is 658 g/mol. The smallest absolute Gasteiger partial charge is 0.258 e. The van der Waals surface area contributed by atoms with Gasteiger partial charge in [-0.05, 0) is 86.8 Å². The number of Topliss-reactive ketones (excluding diaryl/α,β-unsaturated/α-hetero) is 2. The summed E-state index contributed by atoms with van der Waals surface area (Å²) < 4.78 is 0. The van der Waals surface area contributed by atoms with E-state index in [0.29, 0.717) is 22.5 Å². The number of anilines is 2. The topological polar surface area (TPSA) is 142 Å². The Labute approximate surface area is 275 Å². The number of amides is 2. The average Bonchev–Trinajstić information content (AvgIpc) is 3.00. The summed E-state index contributed by atoms with van der Waals surface area (Å²) in [6, 6.07) is 21.5. The van der Waals surface area contributed by atoms with Crippen LogP contribution in [0.5, 0.6) is 0 Å². The van der Waals surface area contributed by atoms with E-state index in [1.165, 1.54) is 13.8 Å². The second-order valence-corrected chi connectivity index (χ2v) is 11.3. The Morgan fingerprint density at radius 1 is 0.630 bits per heavy atom. The number of para-hydroxylation sites is 1. The van der Waals surface area contributed by atoms with Crippen LogP contribution in [0.25, 0.3) is 11.1 Å². The van der Waals surface area contributed by atoms with Gasteiger partial charge in [0.15, 0.2) is 11.6 Å². The summed E-state index contributed by atoms with van der Waals surface area (Å²) in [5.74, 6) is -2.17. The first-order chi connectivity index (χ1) is 21.9. The lowest BCUT2D eigenvalue weighted by Gasteiger charge is -2.12. The van der Waals surface area contributed by atoms with Gasteiger partial charge in [0.25, 0.3) is 11.8 Å². The van der Waals surface area contributed by atoms with Gasteiger partial charge in [-0.15, -0.1) is 0 Å². The van der Waals surface area contributed by atoms with Crippen LogP contribution in [0.3, 0.4) is 0 Å². The third kappa shape index (κ3) is 8.77. The first kappa shape index (κ1) is 33.8. The molecule has 0 aliphatic carbocycles. The Bertz CT molecular complexity index is 1860. The molecule has 2 amide bonds. The molecule has 0 aliphatic heterocycles. The van der Waals surface area contributed by atoms with E-state index in [1.807, 2.05) is 26.0 Å². The Hall–Kier alpha value is -5.06. The van der Waals surface area contributed by atoms with E-state index in [2.05, 4.69) is 31.1 Å². The predicted molar refractivity (Wildman–Crippen MR) is 179 cm³/mol. The maximum atomic E-state index is 12.8. The highest BCUT2D eigenvalue weighted by Crippen LogP contribution is 2.35. The molecule has 10 nitrogen and oxygen atoms in total. The first-order valence-electron chi connectivity index (χ1n) is 14.1. The molecule has 0 heterocycles. The van der Waals surface area contributed by atoms with Crippen molar-refractivity contribution in [3.63, 3.8) is 0 Å². The van der Waals surface area contributed by atoms with Crippen molar-refractivity contribution in [3.8, 4) is 11.1 Å². The number of azo groups is 2. The molecule has 234 valence electrons. The molecule has 4 aromatic carbocycles. The molecule has 0 saturated heterocycles. The van der Waals surface area contributed by atoms with E-state index in [0.717, 1.165) is 11.1 Å². The van der Waals surface area contributed by atoms with Crippen LogP contribution >= 0.6 is 23.2 Å². The van der Waals surface area contributed by atoms with Crippen LogP contribution in [0.1, 0.15) is 25.0 Å². The minimum atomic E-state index is -1.36. The lowest BCUT2D eigenvalue weighted by Crippen LogP contribution is -2.32. The molecule has 0 aromatic heterocycles. The number of hydrogen-bond donors (Lipinski definition) is 2. The molecular weight excluding hydrogens is 627 g/mol.